The Balaban J connectivity index is 1.48. The molecule has 0 saturated carbocycles. The average molecular weight is 330 g/mol. The molecule has 1 aliphatic rings. The van der Waals surface area contributed by atoms with Gasteiger partial charge in [0.25, 0.3) is 0 Å². The molecule has 0 atom stereocenters. The highest BCUT2D eigenvalue weighted by Crippen LogP contribution is 2.18. The molecule has 0 bridgehead atoms. The molecule has 0 spiro atoms. The van der Waals surface area contributed by atoms with Crippen molar-refractivity contribution in [2.45, 2.75) is 32.9 Å². The van der Waals surface area contributed by atoms with Crippen molar-refractivity contribution in [3.63, 3.8) is 0 Å². The van der Waals surface area contributed by atoms with E-state index in [2.05, 4.69) is 39.6 Å². The van der Waals surface area contributed by atoms with Crippen LogP contribution in [0.4, 0.5) is 10.6 Å². The monoisotopic (exact) mass is 330 g/mol. The molecule has 0 aliphatic carbocycles. The van der Waals surface area contributed by atoms with Crippen molar-refractivity contribution < 1.29 is 4.79 Å². The summed E-state index contributed by atoms with van der Waals surface area (Å²) in [4.78, 5) is 19.8. The third-order valence-electron chi connectivity index (χ3n) is 4.07. The van der Waals surface area contributed by atoms with Gasteiger partial charge in [-0.1, -0.05) is 0 Å². The third kappa shape index (κ3) is 4.22. The van der Waals surface area contributed by atoms with E-state index < -0.39 is 0 Å². The van der Waals surface area contributed by atoms with E-state index in [1.54, 1.807) is 11.3 Å². The molecule has 2 aromatic rings. The first-order chi connectivity index (χ1) is 11.2. The van der Waals surface area contributed by atoms with Gasteiger partial charge >= 0.3 is 6.03 Å². The van der Waals surface area contributed by atoms with E-state index in [1.807, 2.05) is 17.6 Å². The lowest BCUT2D eigenvalue weighted by atomic mass is 10.2. The van der Waals surface area contributed by atoms with Crippen molar-refractivity contribution >= 4 is 23.2 Å². The Hall–Kier alpha value is -2.08. The summed E-state index contributed by atoms with van der Waals surface area (Å²) >= 11 is 1.67. The van der Waals surface area contributed by atoms with E-state index in [0.717, 1.165) is 24.5 Å². The molecule has 0 radical (unpaired) electrons. The molecule has 6 heteroatoms. The lowest BCUT2D eigenvalue weighted by Crippen LogP contribution is -2.34. The van der Waals surface area contributed by atoms with Crippen LogP contribution < -0.4 is 15.5 Å². The molecule has 1 aliphatic heterocycles. The first-order valence-corrected chi connectivity index (χ1v) is 8.85. The predicted molar refractivity (Wildman–Crippen MR) is 93.8 cm³/mol. The fourth-order valence-corrected chi connectivity index (χ4v) is 3.53. The Morgan fingerprint density at radius 2 is 2.04 bits per heavy atom. The first-order valence-electron chi connectivity index (χ1n) is 7.97. The van der Waals surface area contributed by atoms with Crippen molar-refractivity contribution in [2.75, 3.05) is 18.0 Å². The molecule has 23 heavy (non-hydrogen) atoms. The molecule has 3 rings (SSSR count). The average Bonchev–Trinajstić information content (AvgIpc) is 3.23. The maximum absolute atomic E-state index is 11.9. The number of aromatic nitrogens is 1. The largest absolute Gasteiger partial charge is 0.357 e. The highest BCUT2D eigenvalue weighted by molar-refractivity contribution is 7.10. The van der Waals surface area contributed by atoms with Gasteiger partial charge < -0.3 is 15.5 Å². The Morgan fingerprint density at radius 3 is 2.78 bits per heavy atom. The van der Waals surface area contributed by atoms with E-state index >= 15 is 0 Å². The highest BCUT2D eigenvalue weighted by Gasteiger charge is 2.13. The number of rotatable bonds is 5. The smallest absolute Gasteiger partial charge is 0.315 e. The topological polar surface area (TPSA) is 57.3 Å². The molecule has 0 unspecified atom stereocenters. The Bertz CT molecular complexity index is 664. The maximum atomic E-state index is 11.9. The van der Waals surface area contributed by atoms with Gasteiger partial charge in [-0.25, -0.2) is 9.78 Å². The van der Waals surface area contributed by atoms with E-state index in [9.17, 15) is 4.79 Å². The normalized spacial score (nSPS) is 14.0. The first kappa shape index (κ1) is 15.8. The van der Waals surface area contributed by atoms with Crippen LogP contribution in [0.5, 0.6) is 0 Å². The van der Waals surface area contributed by atoms with Crippen LogP contribution >= 0.6 is 11.3 Å². The van der Waals surface area contributed by atoms with Crippen LogP contribution in [0, 0.1) is 6.92 Å². The van der Waals surface area contributed by atoms with E-state index in [1.165, 1.54) is 23.3 Å². The second kappa shape index (κ2) is 7.46. The molecular weight excluding hydrogens is 308 g/mol. The van der Waals surface area contributed by atoms with Gasteiger partial charge in [0.15, 0.2) is 0 Å². The summed E-state index contributed by atoms with van der Waals surface area (Å²) in [5.74, 6) is 1.01. The van der Waals surface area contributed by atoms with Crippen molar-refractivity contribution in [1.82, 2.24) is 15.6 Å². The molecule has 1 fully saturated rings. The van der Waals surface area contributed by atoms with Crippen LogP contribution in [0.25, 0.3) is 0 Å². The lowest BCUT2D eigenvalue weighted by molar-refractivity contribution is 0.240. The number of thiophene rings is 1. The van der Waals surface area contributed by atoms with E-state index in [0.29, 0.717) is 13.1 Å². The van der Waals surface area contributed by atoms with Crippen molar-refractivity contribution in [3.8, 4) is 0 Å². The van der Waals surface area contributed by atoms with Crippen LogP contribution in [-0.2, 0) is 13.1 Å². The Morgan fingerprint density at radius 1 is 1.26 bits per heavy atom. The zero-order valence-corrected chi connectivity index (χ0v) is 14.2. The van der Waals surface area contributed by atoms with E-state index in [-0.39, 0.29) is 6.03 Å². The lowest BCUT2D eigenvalue weighted by Gasteiger charge is -2.17. The summed E-state index contributed by atoms with van der Waals surface area (Å²) in [5.41, 5.74) is 2.30. The van der Waals surface area contributed by atoms with Crippen molar-refractivity contribution in [3.05, 3.63) is 45.8 Å². The van der Waals surface area contributed by atoms with Gasteiger partial charge in [0.1, 0.15) is 5.82 Å². The number of hydrogen-bond donors (Lipinski definition) is 2. The maximum Gasteiger partial charge on any atom is 0.315 e. The number of carbonyl (C=O) groups excluding carboxylic acids is 1. The molecule has 1 saturated heterocycles. The summed E-state index contributed by atoms with van der Waals surface area (Å²) in [6, 6.07) is 5.94. The van der Waals surface area contributed by atoms with Gasteiger partial charge in [-0.2, -0.15) is 0 Å². The fraction of sp³-hybridized carbons (Fsp3) is 0.412. The summed E-state index contributed by atoms with van der Waals surface area (Å²) in [5, 5.41) is 7.85. The zero-order chi connectivity index (χ0) is 16.1. The third-order valence-corrected chi connectivity index (χ3v) is 5.09. The number of hydrogen-bond acceptors (Lipinski definition) is 4. The second-order valence-corrected chi connectivity index (χ2v) is 6.78. The predicted octanol–water partition coefficient (Wildman–Crippen LogP) is 3.05. The number of urea groups is 1. The summed E-state index contributed by atoms with van der Waals surface area (Å²) in [6.45, 7) is 5.29. The zero-order valence-electron chi connectivity index (χ0n) is 13.3. The van der Waals surface area contributed by atoms with E-state index in [4.69, 9.17) is 0 Å². The fourth-order valence-electron chi connectivity index (χ4n) is 2.68. The van der Waals surface area contributed by atoms with Gasteiger partial charge in [-0.15, -0.1) is 11.3 Å². The number of aryl methyl sites for hydroxylation is 1. The number of pyridine rings is 1. The van der Waals surface area contributed by atoms with Crippen molar-refractivity contribution in [2.24, 2.45) is 0 Å². The SMILES string of the molecule is Cc1ccsc1CNC(=O)NCc1ccnc(N2CCCC2)c1. The molecule has 0 aromatic carbocycles. The van der Waals surface area contributed by atoms with Crippen LogP contribution in [0.1, 0.15) is 28.8 Å². The van der Waals surface area contributed by atoms with Gasteiger partial charge in [0.2, 0.25) is 0 Å². The second-order valence-electron chi connectivity index (χ2n) is 5.78. The molecule has 2 aromatic heterocycles. The van der Waals surface area contributed by atoms with Crippen LogP contribution in [-0.4, -0.2) is 24.1 Å². The molecule has 2 amide bonds. The molecule has 2 N–H and O–H groups in total. The number of anilines is 1. The van der Waals surface area contributed by atoms with Gasteiger partial charge in [0, 0.05) is 30.7 Å². The van der Waals surface area contributed by atoms with Crippen molar-refractivity contribution in [1.29, 1.82) is 0 Å². The van der Waals surface area contributed by atoms with Gasteiger partial charge in [-0.05, 0) is 54.5 Å². The molecular formula is C17H22N4OS. The standard InChI is InChI=1S/C17H22N4OS/c1-13-5-9-23-15(13)12-20-17(22)19-11-14-4-6-18-16(10-14)21-7-2-3-8-21/h4-6,9-10H,2-3,7-8,11-12H2,1H3,(H2,19,20,22). The quantitative estimate of drug-likeness (QED) is 0.886. The number of nitrogens with zero attached hydrogens (tertiary/aromatic N) is 2. The number of amides is 2. The Labute approximate surface area is 140 Å². The number of carbonyl (C=O) groups is 1. The van der Waals surface area contributed by atoms with Crippen LogP contribution in [0.2, 0.25) is 0 Å². The summed E-state index contributed by atoms with van der Waals surface area (Å²) in [7, 11) is 0. The van der Waals surface area contributed by atoms with Crippen LogP contribution in [0.15, 0.2) is 29.8 Å². The number of nitrogens with one attached hydrogen (secondary N) is 2. The minimum absolute atomic E-state index is 0.141. The van der Waals surface area contributed by atoms with Gasteiger partial charge in [0.05, 0.1) is 6.54 Å². The molecule has 3 heterocycles. The minimum Gasteiger partial charge on any atom is -0.357 e. The molecule has 5 nitrogen and oxygen atoms in total. The summed E-state index contributed by atoms with van der Waals surface area (Å²) in [6.07, 6.45) is 4.28. The molecule has 122 valence electrons. The minimum atomic E-state index is -0.141. The Kier molecular flexibility index (Phi) is 5.12. The summed E-state index contributed by atoms with van der Waals surface area (Å²) < 4.78 is 0. The van der Waals surface area contributed by atoms with Gasteiger partial charge in [-0.3, -0.25) is 0 Å². The highest BCUT2D eigenvalue weighted by atomic mass is 32.1. The van der Waals surface area contributed by atoms with Crippen LogP contribution in [0.3, 0.4) is 0 Å².